The number of aryl methyl sites for hydroxylation is 2. The Morgan fingerprint density at radius 1 is 1.04 bits per heavy atom. The first-order valence-electron chi connectivity index (χ1n) is 9.63. The summed E-state index contributed by atoms with van der Waals surface area (Å²) in [6, 6.07) is 11.0. The van der Waals surface area contributed by atoms with Crippen LogP contribution in [0, 0.1) is 20.8 Å². The lowest BCUT2D eigenvalue weighted by atomic mass is 10.1. The highest BCUT2D eigenvalue weighted by atomic mass is 16.1. The molecule has 0 aliphatic carbocycles. The van der Waals surface area contributed by atoms with Gasteiger partial charge >= 0.3 is 0 Å². The van der Waals surface area contributed by atoms with Gasteiger partial charge in [0.1, 0.15) is 0 Å². The molecule has 1 aromatic carbocycles. The molecule has 3 rings (SSSR count). The highest BCUT2D eigenvalue weighted by Crippen LogP contribution is 2.23. The van der Waals surface area contributed by atoms with Gasteiger partial charge in [-0.15, -0.1) is 0 Å². The molecule has 1 saturated heterocycles. The maximum Gasteiger partial charge on any atom is 0.178 e. The van der Waals surface area contributed by atoms with Crippen LogP contribution in [0.5, 0.6) is 0 Å². The molecule has 0 N–H and O–H groups in total. The molecule has 0 amide bonds. The lowest BCUT2D eigenvalue weighted by Gasteiger charge is -2.36. The van der Waals surface area contributed by atoms with Gasteiger partial charge in [0.05, 0.1) is 6.54 Å². The molecule has 1 fully saturated rings. The summed E-state index contributed by atoms with van der Waals surface area (Å²) in [6.07, 6.45) is 0. The van der Waals surface area contributed by atoms with Crippen LogP contribution < -0.4 is 4.90 Å². The van der Waals surface area contributed by atoms with Crippen LogP contribution >= 0.6 is 0 Å². The van der Waals surface area contributed by atoms with Crippen molar-refractivity contribution in [2.75, 3.05) is 37.6 Å². The summed E-state index contributed by atoms with van der Waals surface area (Å²) < 4.78 is 2.25. The number of aromatic nitrogens is 1. The quantitative estimate of drug-likeness (QED) is 0.761. The van der Waals surface area contributed by atoms with Gasteiger partial charge in [0.15, 0.2) is 5.78 Å². The molecule has 26 heavy (non-hydrogen) atoms. The highest BCUT2D eigenvalue weighted by Gasteiger charge is 2.23. The number of benzene rings is 1. The fourth-order valence-corrected chi connectivity index (χ4v) is 4.21. The minimum atomic E-state index is 0.245. The Morgan fingerprint density at radius 2 is 1.69 bits per heavy atom. The van der Waals surface area contributed by atoms with Crippen LogP contribution in [0.1, 0.15) is 47.2 Å². The zero-order chi connectivity index (χ0) is 18.8. The third kappa shape index (κ3) is 3.70. The number of anilines is 1. The second-order valence-corrected chi connectivity index (χ2v) is 7.72. The fraction of sp³-hybridized carbons (Fsp3) is 0.500. The van der Waals surface area contributed by atoms with E-state index >= 15 is 0 Å². The monoisotopic (exact) mass is 353 g/mol. The molecule has 140 valence electrons. The molecular weight excluding hydrogens is 322 g/mol. The average molecular weight is 354 g/mol. The van der Waals surface area contributed by atoms with Gasteiger partial charge in [0.25, 0.3) is 0 Å². The van der Waals surface area contributed by atoms with Crippen molar-refractivity contribution in [1.82, 2.24) is 9.47 Å². The van der Waals surface area contributed by atoms with E-state index in [4.69, 9.17) is 0 Å². The summed E-state index contributed by atoms with van der Waals surface area (Å²) in [4.78, 5) is 17.6. The lowest BCUT2D eigenvalue weighted by Crippen LogP contribution is -2.48. The van der Waals surface area contributed by atoms with E-state index in [1.54, 1.807) is 0 Å². The fourth-order valence-electron chi connectivity index (χ4n) is 4.21. The Hall–Kier alpha value is -2.07. The summed E-state index contributed by atoms with van der Waals surface area (Å²) in [5.74, 6) is 0.245. The molecule has 0 spiro atoms. The summed E-state index contributed by atoms with van der Waals surface area (Å²) in [5.41, 5.74) is 5.79. The van der Waals surface area contributed by atoms with Gasteiger partial charge in [-0.2, -0.15) is 0 Å². The molecule has 0 atom stereocenters. The third-order valence-electron chi connectivity index (χ3n) is 5.50. The van der Waals surface area contributed by atoms with Crippen LogP contribution in [-0.4, -0.2) is 48.0 Å². The van der Waals surface area contributed by atoms with E-state index in [9.17, 15) is 4.79 Å². The van der Waals surface area contributed by atoms with Crippen molar-refractivity contribution in [3.63, 3.8) is 0 Å². The standard InChI is InChI=1S/C22H31N3O/c1-16(2)25-18(4)14-20(19(25)5)22(26)15-23-10-12-24(13-11-23)21-9-7-6-8-17(21)3/h6-9,14,16H,10-13,15H2,1-5H3. The number of nitrogens with zero attached hydrogens (tertiary/aromatic N) is 3. The van der Waals surface area contributed by atoms with Crippen molar-refractivity contribution in [1.29, 1.82) is 0 Å². The van der Waals surface area contributed by atoms with Gasteiger partial charge < -0.3 is 9.47 Å². The zero-order valence-corrected chi connectivity index (χ0v) is 16.7. The van der Waals surface area contributed by atoms with Gasteiger partial charge in [-0.25, -0.2) is 0 Å². The molecule has 0 radical (unpaired) electrons. The first kappa shape index (κ1) is 18.7. The molecule has 0 bridgehead atoms. The topological polar surface area (TPSA) is 28.5 Å². The highest BCUT2D eigenvalue weighted by molar-refractivity contribution is 5.99. The van der Waals surface area contributed by atoms with E-state index in [0.717, 1.165) is 37.4 Å². The molecule has 4 nitrogen and oxygen atoms in total. The number of Topliss-reactive ketones (excluding diaryl/α,β-unsaturated/α-hetero) is 1. The van der Waals surface area contributed by atoms with Gasteiger partial charge in [-0.05, 0) is 52.3 Å². The van der Waals surface area contributed by atoms with E-state index in [1.807, 2.05) is 0 Å². The molecule has 1 aromatic heterocycles. The summed E-state index contributed by atoms with van der Waals surface area (Å²) >= 11 is 0. The Bertz CT molecular complexity index is 783. The number of para-hydroxylation sites is 1. The lowest BCUT2D eigenvalue weighted by molar-refractivity contribution is 0.0925. The van der Waals surface area contributed by atoms with Crippen molar-refractivity contribution < 1.29 is 4.79 Å². The van der Waals surface area contributed by atoms with Crippen molar-refractivity contribution in [3.05, 3.63) is 52.8 Å². The summed E-state index contributed by atoms with van der Waals surface area (Å²) in [6.45, 7) is 15.0. The van der Waals surface area contributed by atoms with Gasteiger partial charge in [0, 0.05) is 54.9 Å². The third-order valence-corrected chi connectivity index (χ3v) is 5.50. The smallest absolute Gasteiger partial charge is 0.178 e. The maximum absolute atomic E-state index is 12.9. The van der Waals surface area contributed by atoms with E-state index in [2.05, 4.69) is 79.3 Å². The van der Waals surface area contributed by atoms with Crippen LogP contribution in [-0.2, 0) is 0 Å². The van der Waals surface area contributed by atoms with Crippen LogP contribution in [0.4, 0.5) is 5.69 Å². The number of carbonyl (C=O) groups is 1. The molecule has 2 aromatic rings. The Morgan fingerprint density at radius 3 is 2.27 bits per heavy atom. The van der Waals surface area contributed by atoms with Gasteiger partial charge in [0.2, 0.25) is 0 Å². The van der Waals surface area contributed by atoms with Gasteiger partial charge in [-0.1, -0.05) is 18.2 Å². The first-order valence-corrected chi connectivity index (χ1v) is 9.63. The van der Waals surface area contributed by atoms with Crippen molar-refractivity contribution in [2.45, 2.75) is 40.7 Å². The van der Waals surface area contributed by atoms with E-state index in [-0.39, 0.29) is 5.78 Å². The zero-order valence-electron chi connectivity index (χ0n) is 16.7. The van der Waals surface area contributed by atoms with Crippen molar-refractivity contribution in [2.24, 2.45) is 0 Å². The summed E-state index contributed by atoms with van der Waals surface area (Å²) in [7, 11) is 0. The minimum absolute atomic E-state index is 0.245. The number of hydrogen-bond acceptors (Lipinski definition) is 3. The first-order chi connectivity index (χ1) is 12.4. The Labute approximate surface area is 157 Å². The van der Waals surface area contributed by atoms with E-state index in [1.165, 1.54) is 16.9 Å². The average Bonchev–Trinajstić information content (AvgIpc) is 2.91. The summed E-state index contributed by atoms with van der Waals surface area (Å²) in [5, 5.41) is 0. The molecular formula is C22H31N3O. The van der Waals surface area contributed by atoms with Crippen LogP contribution in [0.15, 0.2) is 30.3 Å². The minimum Gasteiger partial charge on any atom is -0.369 e. The van der Waals surface area contributed by atoms with Crippen LogP contribution in [0.3, 0.4) is 0 Å². The number of rotatable bonds is 5. The number of carbonyl (C=O) groups excluding carboxylic acids is 1. The molecule has 1 aliphatic heterocycles. The maximum atomic E-state index is 12.9. The molecule has 0 unspecified atom stereocenters. The predicted molar refractivity (Wildman–Crippen MR) is 108 cm³/mol. The molecule has 1 aliphatic rings. The second-order valence-electron chi connectivity index (χ2n) is 7.72. The molecule has 4 heteroatoms. The predicted octanol–water partition coefficient (Wildman–Crippen LogP) is 4.00. The Kier molecular flexibility index (Phi) is 5.52. The normalized spacial score (nSPS) is 15.7. The van der Waals surface area contributed by atoms with Crippen LogP contribution in [0.2, 0.25) is 0 Å². The largest absolute Gasteiger partial charge is 0.369 e. The van der Waals surface area contributed by atoms with E-state index < -0.39 is 0 Å². The second kappa shape index (κ2) is 7.67. The van der Waals surface area contributed by atoms with Crippen LogP contribution in [0.25, 0.3) is 0 Å². The van der Waals surface area contributed by atoms with Crippen molar-refractivity contribution in [3.8, 4) is 0 Å². The van der Waals surface area contributed by atoms with Gasteiger partial charge in [-0.3, -0.25) is 9.69 Å². The number of ketones is 1. The Balaban J connectivity index is 1.62. The number of hydrogen-bond donors (Lipinski definition) is 0. The SMILES string of the molecule is Cc1ccccc1N1CCN(CC(=O)c2cc(C)n(C(C)C)c2C)CC1. The molecule has 2 heterocycles. The van der Waals surface area contributed by atoms with E-state index in [0.29, 0.717) is 12.6 Å². The molecule has 0 saturated carbocycles. The number of piperazine rings is 1. The van der Waals surface area contributed by atoms with Crippen molar-refractivity contribution >= 4 is 11.5 Å².